The zero-order chi connectivity index (χ0) is 82.0. The zero-order valence-electron chi connectivity index (χ0n) is 70.8. The summed E-state index contributed by atoms with van der Waals surface area (Å²) in [5.41, 5.74) is 2.97. The van der Waals surface area contributed by atoms with Crippen LogP contribution < -0.4 is 33.9 Å². The number of hydrogen-bond acceptors (Lipinski definition) is 17. The van der Waals surface area contributed by atoms with Gasteiger partial charge in [-0.1, -0.05) is 74.5 Å². The smallest absolute Gasteiger partial charge is 0.472 e. The number of nitrogens with one attached hydrogen (secondary N) is 3. The molecule has 5 N–H and O–H groups in total. The average Bonchev–Trinajstić information content (AvgIpc) is 1.55. The molecule has 0 aliphatic carbocycles. The molecule has 2 rings (SSSR count). The molecule has 2 aromatic heterocycles. The molecular formula is C71H156N10O17P2S2+6. The van der Waals surface area contributed by atoms with Gasteiger partial charge in [-0.25, -0.2) is 17.5 Å². The first-order valence-corrected chi connectivity index (χ1v) is 42.6. The molecule has 608 valence electrons. The number of phosphoric ester groups is 2. The van der Waals surface area contributed by atoms with Gasteiger partial charge in [-0.05, 0) is 88.5 Å². The summed E-state index contributed by atoms with van der Waals surface area (Å²) in [7, 11) is 9.26. The van der Waals surface area contributed by atoms with Crippen LogP contribution in [0.25, 0.3) is 0 Å². The molecule has 0 bridgehead atoms. The van der Waals surface area contributed by atoms with E-state index in [1.807, 2.05) is 67.3 Å². The second kappa shape index (κ2) is 52.8. The minimum atomic E-state index is -4.05. The number of carbonyl (C=O) groups excluding carboxylic acids is 2. The molecule has 0 fully saturated rings. The van der Waals surface area contributed by atoms with E-state index in [0.29, 0.717) is 95.5 Å². The summed E-state index contributed by atoms with van der Waals surface area (Å²) in [4.78, 5) is 44.5. The minimum absolute atomic E-state index is 0.0593. The molecule has 6 atom stereocenters. The maximum atomic E-state index is 11.2. The van der Waals surface area contributed by atoms with E-state index < -0.39 is 41.6 Å². The van der Waals surface area contributed by atoms with E-state index in [-0.39, 0.29) is 49.3 Å². The van der Waals surface area contributed by atoms with Crippen molar-refractivity contribution in [3.8, 4) is 0 Å². The lowest BCUT2D eigenvalue weighted by atomic mass is 9.79. The number of rotatable bonds is 35. The van der Waals surface area contributed by atoms with Gasteiger partial charge in [-0.3, -0.25) is 22.6 Å². The number of carboxylic acid groups (broad SMARTS) is 1. The fourth-order valence-electron chi connectivity index (χ4n) is 7.47. The third kappa shape index (κ3) is 66.3. The summed E-state index contributed by atoms with van der Waals surface area (Å²) >= 11 is 0. The number of hydrogen-bond donors (Lipinski definition) is 5. The van der Waals surface area contributed by atoms with E-state index in [9.17, 15) is 50.4 Å². The number of nitrogens with zero attached hydrogens (tertiary/aromatic N) is 7. The van der Waals surface area contributed by atoms with Crippen molar-refractivity contribution in [1.82, 2.24) is 9.90 Å². The summed E-state index contributed by atoms with van der Waals surface area (Å²) in [5.74, 6) is 0.331. The van der Waals surface area contributed by atoms with E-state index in [1.165, 1.54) is 39.5 Å². The fourth-order valence-corrected chi connectivity index (χ4v) is 9.83. The first kappa shape index (κ1) is 110. The highest BCUT2D eigenvalue weighted by molar-refractivity contribution is 7.90. The predicted octanol–water partition coefficient (Wildman–Crippen LogP) is 4.18. The Bertz CT molecular complexity index is 2910. The van der Waals surface area contributed by atoms with Crippen LogP contribution in [0, 0.1) is 5.41 Å². The van der Waals surface area contributed by atoms with Crippen molar-refractivity contribution in [2.45, 2.75) is 232 Å². The van der Waals surface area contributed by atoms with Crippen molar-refractivity contribution in [2.24, 2.45) is 12.5 Å². The van der Waals surface area contributed by atoms with Crippen LogP contribution in [0.4, 0.5) is 0 Å². The SMILES string of the molecule is C=C(O)C[n+]1cc(C(C)(C)C)n(C)n1.CC(=O)C[NH+](C)C(C)C.CC(C)OP(=O)(O)OCC[N+](C)(C)C.CC(C)[N+](C)(C)CCOS(C)(=O)=O.CC(C)[NH+](C)CCC(=O)[O-].CC(C)[NH+](C)CCCS(C)(=O)=O.CCCC[n+]1ccccc1C(C)C(C)(C)C.COP(=O)([O-])OCC[N+](C)(C)C(C)C. The van der Waals surface area contributed by atoms with Crippen molar-refractivity contribution in [3.63, 3.8) is 0 Å². The number of quaternary nitrogens is 6. The molecule has 27 nitrogen and oxygen atoms in total. The Morgan fingerprint density at radius 1 is 0.745 bits per heavy atom. The Morgan fingerprint density at radius 2 is 1.21 bits per heavy atom. The number of allylic oxidation sites excluding steroid dienone is 1. The second-order valence-electron chi connectivity index (χ2n) is 32.4. The van der Waals surface area contributed by atoms with Gasteiger partial charge in [0.1, 0.15) is 75.2 Å². The number of aryl methyl sites for hydroxylation is 2. The molecule has 0 saturated heterocycles. The normalized spacial score (nSPS) is 14.5. The van der Waals surface area contributed by atoms with Gasteiger partial charge in [0.25, 0.3) is 17.9 Å². The van der Waals surface area contributed by atoms with Gasteiger partial charge in [0, 0.05) is 69.0 Å². The minimum Gasteiger partial charge on any atom is -0.756 e. The Hall–Kier alpha value is -3.19. The van der Waals surface area contributed by atoms with E-state index in [4.69, 9.17) is 14.2 Å². The molecule has 0 aliphatic rings. The highest BCUT2D eigenvalue weighted by Gasteiger charge is 2.30. The molecule has 0 aromatic carbocycles. The molecule has 0 radical (unpaired) electrons. The lowest BCUT2D eigenvalue weighted by Crippen LogP contribution is -3.12. The van der Waals surface area contributed by atoms with E-state index >= 15 is 0 Å². The topological polar surface area (TPSA) is 308 Å². The predicted molar refractivity (Wildman–Crippen MR) is 409 cm³/mol. The summed E-state index contributed by atoms with van der Waals surface area (Å²) < 4.78 is 96.0. The number of aliphatic hydroxyl groups is 1. The number of aromatic nitrogens is 4. The van der Waals surface area contributed by atoms with Crippen LogP contribution in [0.15, 0.2) is 42.9 Å². The maximum Gasteiger partial charge on any atom is 0.472 e. The van der Waals surface area contributed by atoms with Crippen LogP contribution in [0.1, 0.15) is 188 Å². The summed E-state index contributed by atoms with van der Waals surface area (Å²) in [6.07, 6.45) is 9.64. The van der Waals surface area contributed by atoms with Gasteiger partial charge in [0.05, 0.1) is 137 Å². The number of carboxylic acids is 1. The van der Waals surface area contributed by atoms with Gasteiger partial charge in [-0.2, -0.15) is 8.42 Å². The van der Waals surface area contributed by atoms with Crippen LogP contribution in [0.2, 0.25) is 0 Å². The van der Waals surface area contributed by atoms with E-state index in [2.05, 4.69) is 200 Å². The van der Waals surface area contributed by atoms with Crippen molar-refractivity contribution in [2.75, 3.05) is 155 Å². The van der Waals surface area contributed by atoms with Crippen LogP contribution in [-0.2, 0) is 86.5 Å². The monoisotopic (exact) mass is 1550 g/mol. The number of aliphatic carboxylic acids is 1. The second-order valence-corrected chi connectivity index (χ2v) is 39.3. The number of ketones is 1. The van der Waals surface area contributed by atoms with Crippen LogP contribution in [-0.4, -0.2) is 253 Å². The molecule has 2 heterocycles. The maximum absolute atomic E-state index is 11.2. The third-order valence-electron chi connectivity index (χ3n) is 17.0. The standard InChI is InChI=1S/C15H26N.C10H17N3O.2C8H20NO4P.C8H20NO3S.C8H19NO2S.C7H15NO2.C7H15NO/c1-6-7-11-16-12-9-8-10-14(16)13(2)15(3,4)5;1-8(14)6-13-7-9(10(2,3)4)12(5)11-13;1-8(2)9(3,4)6-7-13-14(10,11)12-5;1-8(2)13-14(10,11)12-7-6-9(3,4)5;1-8(2)9(3,4)6-7-12-13(5,10)11;1-8(2)9(3)6-5-7-12(4,10)11;1-6(2)8(3)5-4-7(9)10;1-6(2)8(4)5-7(3)9/h8-10,12-13H,6-7,11H2,1-5H3;7H,1,6H2,2-5H3;2*8H,6-7H2,1-5H3;8H,6-7H2,1-5H3;8H,5-7H2,1-4H3;6H,4-5H2,1-3H3,(H,9,10);6H,5H2,1-4H3/q+1;;;;+1;;;/p+4. The summed E-state index contributed by atoms with van der Waals surface area (Å²) in [6.45, 7) is 53.6. The molecule has 102 heavy (non-hydrogen) atoms. The Labute approximate surface area is 622 Å². The van der Waals surface area contributed by atoms with Gasteiger partial charge >= 0.3 is 7.82 Å². The van der Waals surface area contributed by atoms with Gasteiger partial charge in [0.2, 0.25) is 0 Å². The molecule has 2 aromatic rings. The lowest BCUT2D eigenvalue weighted by molar-refractivity contribution is -0.911. The summed E-state index contributed by atoms with van der Waals surface area (Å²) in [6, 6.07) is 9.05. The number of unbranched alkanes of at least 4 members (excludes halogenated alkanes) is 1. The van der Waals surface area contributed by atoms with Gasteiger partial charge in [0.15, 0.2) is 36.1 Å². The van der Waals surface area contributed by atoms with Crippen LogP contribution in [0.3, 0.4) is 0 Å². The highest BCUT2D eigenvalue weighted by Crippen LogP contribution is 2.44. The first-order chi connectivity index (χ1) is 45.7. The largest absolute Gasteiger partial charge is 0.756 e. The zero-order valence-corrected chi connectivity index (χ0v) is 74.2. The third-order valence-corrected chi connectivity index (χ3v) is 20.8. The molecule has 31 heteroatoms. The number of aliphatic hydroxyl groups excluding tert-OH is 1. The van der Waals surface area contributed by atoms with Crippen LogP contribution in [0.5, 0.6) is 0 Å². The van der Waals surface area contributed by atoms with Gasteiger partial charge < -0.3 is 62.0 Å². The summed E-state index contributed by atoms with van der Waals surface area (Å²) in [5, 5.41) is 23.3. The lowest BCUT2D eigenvalue weighted by Gasteiger charge is -2.34. The molecule has 0 saturated carbocycles. The number of sulfone groups is 1. The number of Topliss-reactive ketones (excluding diaryl/α,β-unsaturated/α-hetero) is 1. The quantitative estimate of drug-likeness (QED) is 0.0213. The molecule has 0 aliphatic heterocycles. The number of phosphoric acid groups is 2. The Kier molecular flexibility index (Phi) is 56.8. The molecule has 6 unspecified atom stereocenters. The Balaban J connectivity index is -0.000000260. The molecule has 0 amide bonds. The van der Waals surface area contributed by atoms with E-state index in [1.54, 1.807) is 25.5 Å². The van der Waals surface area contributed by atoms with E-state index in [0.717, 1.165) is 43.1 Å². The molecule has 0 spiro atoms. The number of carbonyl (C=O) groups is 2. The fraction of sp³-hybridized carbons (Fsp3) is 0.845. The highest BCUT2D eigenvalue weighted by atomic mass is 32.2. The number of pyridine rings is 1. The van der Waals surface area contributed by atoms with Crippen LogP contribution >= 0.6 is 15.6 Å². The molecular weight excluding hydrogens is 1390 g/mol. The van der Waals surface area contributed by atoms with Gasteiger partial charge in [-0.15, -0.1) is 9.36 Å². The number of likely N-dealkylation sites (N-methyl/N-ethyl adjacent to an activating group) is 4. The first-order valence-electron chi connectivity index (χ1n) is 35.8. The van der Waals surface area contributed by atoms with Crippen molar-refractivity contribution in [1.29, 1.82) is 0 Å². The Morgan fingerprint density at radius 3 is 1.55 bits per heavy atom. The van der Waals surface area contributed by atoms with Crippen molar-refractivity contribution in [3.05, 3.63) is 54.3 Å². The average molecular weight is 1550 g/mol. The van der Waals surface area contributed by atoms with Crippen molar-refractivity contribution < 1.29 is 115 Å². The van der Waals surface area contributed by atoms with Crippen molar-refractivity contribution >= 4 is 47.4 Å².